The molecule has 3 aromatic carbocycles. The zero-order valence-electron chi connectivity index (χ0n) is 26.1. The van der Waals surface area contributed by atoms with Gasteiger partial charge in [-0.2, -0.15) is 0 Å². The minimum Gasteiger partial charge on any atom is -0.389 e. The number of amides is 3. The van der Waals surface area contributed by atoms with Gasteiger partial charge in [-0.15, -0.1) is 0 Å². The van der Waals surface area contributed by atoms with E-state index in [1.54, 1.807) is 28.9 Å². The van der Waals surface area contributed by atoms with Gasteiger partial charge in [-0.25, -0.2) is 8.78 Å². The fourth-order valence-electron chi connectivity index (χ4n) is 5.78. The molecular formula is C35H42F2N4O4. The molecule has 0 bridgehead atoms. The minimum atomic E-state index is -1.44. The Balaban J connectivity index is 1.60. The van der Waals surface area contributed by atoms with Crippen molar-refractivity contribution in [2.45, 2.75) is 64.8 Å². The lowest BCUT2D eigenvalue weighted by atomic mass is 9.93. The van der Waals surface area contributed by atoms with E-state index < -0.39 is 35.7 Å². The predicted octanol–water partition coefficient (Wildman–Crippen LogP) is 4.24. The molecule has 0 radical (unpaired) electrons. The Hall–Kier alpha value is -4.15. The van der Waals surface area contributed by atoms with Crippen LogP contribution in [0, 0.1) is 18.6 Å². The molecule has 45 heavy (non-hydrogen) atoms. The highest BCUT2D eigenvalue weighted by atomic mass is 19.1. The Morgan fingerprint density at radius 3 is 2.27 bits per heavy atom. The van der Waals surface area contributed by atoms with E-state index in [0.717, 1.165) is 36.6 Å². The molecule has 0 spiro atoms. The average molecular weight is 621 g/mol. The van der Waals surface area contributed by atoms with Crippen molar-refractivity contribution >= 4 is 17.7 Å². The number of nitrogens with one attached hydrogen (secondary N) is 2. The van der Waals surface area contributed by atoms with E-state index in [1.165, 1.54) is 6.07 Å². The second-order valence-corrected chi connectivity index (χ2v) is 11.6. The third-order valence-electron chi connectivity index (χ3n) is 7.85. The quantitative estimate of drug-likeness (QED) is 0.266. The molecule has 2 unspecified atom stereocenters. The second kappa shape index (κ2) is 15.7. The van der Waals surface area contributed by atoms with E-state index in [9.17, 15) is 28.3 Å². The monoisotopic (exact) mass is 620 g/mol. The van der Waals surface area contributed by atoms with Crippen molar-refractivity contribution in [1.29, 1.82) is 0 Å². The molecule has 1 fully saturated rings. The summed E-state index contributed by atoms with van der Waals surface area (Å²) in [5.74, 6) is -2.71. The van der Waals surface area contributed by atoms with E-state index in [2.05, 4.69) is 10.6 Å². The van der Waals surface area contributed by atoms with Crippen molar-refractivity contribution in [3.63, 3.8) is 0 Å². The number of nitrogens with zero attached hydrogens (tertiary/aromatic N) is 2. The zero-order chi connectivity index (χ0) is 32.5. The fraction of sp³-hybridized carbons (Fsp3) is 0.400. The molecule has 0 aliphatic carbocycles. The third kappa shape index (κ3) is 8.95. The standard InChI is InChI=1S/C35H42F2N4O4/c1-4-12-40(13-5-2)34(44)27-16-23(3)15-26(20-27)33(43)39-30(19-25-17-28(36)21-29(37)18-25)32(42)31-35(45)41(14-11-38-31)22-24-9-7-6-8-10-24/h6-10,15-18,20-21,30-32,38,42H,4-5,11-14,19,22H2,1-3H3,(H,39,43)/t30-,31?,32?/m0/s1. The lowest BCUT2D eigenvalue weighted by Gasteiger charge is -2.38. The van der Waals surface area contributed by atoms with Gasteiger partial charge in [0.1, 0.15) is 17.7 Å². The van der Waals surface area contributed by atoms with Crippen LogP contribution in [0.5, 0.6) is 0 Å². The summed E-state index contributed by atoms with van der Waals surface area (Å²) >= 11 is 0. The number of carbonyl (C=O) groups is 3. The Kier molecular flexibility index (Phi) is 11.8. The van der Waals surface area contributed by atoms with Gasteiger partial charge in [-0.3, -0.25) is 14.4 Å². The number of rotatable bonds is 13. The summed E-state index contributed by atoms with van der Waals surface area (Å²) in [6.45, 7) is 8.13. The Morgan fingerprint density at radius 2 is 1.62 bits per heavy atom. The molecule has 10 heteroatoms. The topological polar surface area (TPSA) is 102 Å². The molecule has 1 saturated heterocycles. The number of aryl methyl sites for hydroxylation is 1. The fourth-order valence-corrected chi connectivity index (χ4v) is 5.78. The van der Waals surface area contributed by atoms with Crippen LogP contribution in [0.25, 0.3) is 0 Å². The number of aliphatic hydroxyl groups excluding tert-OH is 1. The zero-order valence-corrected chi connectivity index (χ0v) is 26.1. The van der Waals surface area contributed by atoms with Gasteiger partial charge >= 0.3 is 0 Å². The summed E-state index contributed by atoms with van der Waals surface area (Å²) in [6.07, 6.45) is -0.00443. The van der Waals surface area contributed by atoms with Crippen molar-refractivity contribution in [2.24, 2.45) is 0 Å². The molecule has 240 valence electrons. The third-order valence-corrected chi connectivity index (χ3v) is 7.85. The molecule has 1 aliphatic heterocycles. The molecule has 0 saturated carbocycles. The SMILES string of the molecule is CCCN(CCC)C(=O)c1cc(C)cc(C(=O)N[C@@H](Cc2cc(F)cc(F)c2)C(O)C2NCCN(Cc3ccccc3)C2=O)c1. The van der Waals surface area contributed by atoms with Gasteiger partial charge in [0.25, 0.3) is 11.8 Å². The summed E-state index contributed by atoms with van der Waals surface area (Å²) in [4.78, 5) is 44.0. The van der Waals surface area contributed by atoms with E-state index in [-0.39, 0.29) is 29.4 Å². The number of carbonyl (C=O) groups excluding carboxylic acids is 3. The number of hydrogen-bond donors (Lipinski definition) is 3. The van der Waals surface area contributed by atoms with Gasteiger partial charge in [0, 0.05) is 49.9 Å². The van der Waals surface area contributed by atoms with Gasteiger partial charge in [-0.1, -0.05) is 44.2 Å². The summed E-state index contributed by atoms with van der Waals surface area (Å²) in [5, 5.41) is 17.5. The first-order valence-electron chi connectivity index (χ1n) is 15.5. The number of piperazine rings is 1. The molecule has 3 N–H and O–H groups in total. The van der Waals surface area contributed by atoms with Crippen LogP contribution in [0.3, 0.4) is 0 Å². The summed E-state index contributed by atoms with van der Waals surface area (Å²) in [5.41, 5.74) is 2.40. The van der Waals surface area contributed by atoms with Crippen molar-refractivity contribution in [3.05, 3.63) is 106 Å². The highest BCUT2D eigenvalue weighted by molar-refractivity contribution is 6.00. The average Bonchev–Trinajstić information content (AvgIpc) is 3.00. The van der Waals surface area contributed by atoms with Crippen LogP contribution in [0.1, 0.15) is 64.1 Å². The largest absolute Gasteiger partial charge is 0.389 e. The molecule has 3 aromatic rings. The maximum absolute atomic E-state index is 14.1. The Labute approximate surface area is 263 Å². The first-order chi connectivity index (χ1) is 21.6. The van der Waals surface area contributed by atoms with Crippen LogP contribution in [0.4, 0.5) is 8.78 Å². The van der Waals surface area contributed by atoms with Gasteiger partial charge in [-0.05, 0) is 73.2 Å². The Bertz CT molecular complexity index is 1460. The van der Waals surface area contributed by atoms with Gasteiger partial charge in [0.05, 0.1) is 12.1 Å². The molecule has 1 aliphatic rings. The predicted molar refractivity (Wildman–Crippen MR) is 169 cm³/mol. The first kappa shape index (κ1) is 33.7. The molecule has 4 rings (SSSR count). The lowest BCUT2D eigenvalue weighted by molar-refractivity contribution is -0.140. The number of aliphatic hydroxyl groups is 1. The molecule has 0 aromatic heterocycles. The van der Waals surface area contributed by atoms with E-state index in [4.69, 9.17) is 0 Å². The molecule has 3 amide bonds. The molecular weight excluding hydrogens is 578 g/mol. The maximum Gasteiger partial charge on any atom is 0.253 e. The minimum absolute atomic E-state index is 0.149. The first-order valence-corrected chi connectivity index (χ1v) is 15.5. The van der Waals surface area contributed by atoms with Crippen LogP contribution in [-0.4, -0.2) is 77.0 Å². The number of benzene rings is 3. The maximum atomic E-state index is 14.1. The van der Waals surface area contributed by atoms with Gasteiger partial charge < -0.3 is 25.5 Å². The summed E-state index contributed by atoms with van der Waals surface area (Å²) in [6, 6.07) is 15.2. The van der Waals surface area contributed by atoms with E-state index in [0.29, 0.717) is 43.9 Å². The number of hydrogen-bond acceptors (Lipinski definition) is 5. The van der Waals surface area contributed by atoms with Crippen LogP contribution in [0.15, 0.2) is 66.7 Å². The second-order valence-electron chi connectivity index (χ2n) is 11.6. The summed E-state index contributed by atoms with van der Waals surface area (Å²) in [7, 11) is 0. The van der Waals surface area contributed by atoms with Crippen molar-refractivity contribution in [3.8, 4) is 0 Å². The highest BCUT2D eigenvalue weighted by Gasteiger charge is 2.38. The normalized spacial score (nSPS) is 16.3. The van der Waals surface area contributed by atoms with E-state index >= 15 is 0 Å². The van der Waals surface area contributed by atoms with E-state index in [1.807, 2.05) is 44.2 Å². The van der Waals surface area contributed by atoms with Crippen molar-refractivity contribution in [1.82, 2.24) is 20.4 Å². The number of halogens is 2. The smallest absolute Gasteiger partial charge is 0.253 e. The Morgan fingerprint density at radius 1 is 0.978 bits per heavy atom. The highest BCUT2D eigenvalue weighted by Crippen LogP contribution is 2.19. The van der Waals surface area contributed by atoms with Gasteiger partial charge in [0.15, 0.2) is 0 Å². The molecule has 8 nitrogen and oxygen atoms in total. The van der Waals surface area contributed by atoms with Crippen LogP contribution in [0.2, 0.25) is 0 Å². The van der Waals surface area contributed by atoms with Crippen LogP contribution < -0.4 is 10.6 Å². The lowest BCUT2D eigenvalue weighted by Crippen LogP contribution is -2.63. The van der Waals surface area contributed by atoms with Crippen molar-refractivity contribution in [2.75, 3.05) is 26.2 Å². The molecule has 3 atom stereocenters. The van der Waals surface area contributed by atoms with Crippen LogP contribution >= 0.6 is 0 Å². The molecule has 1 heterocycles. The van der Waals surface area contributed by atoms with Crippen LogP contribution in [-0.2, 0) is 17.8 Å². The van der Waals surface area contributed by atoms with Crippen molar-refractivity contribution < 1.29 is 28.3 Å². The summed E-state index contributed by atoms with van der Waals surface area (Å²) < 4.78 is 28.2. The van der Waals surface area contributed by atoms with Gasteiger partial charge in [0.2, 0.25) is 5.91 Å².